The summed E-state index contributed by atoms with van der Waals surface area (Å²) < 4.78 is 23.1. The molecule has 8 heteroatoms. The molecule has 0 radical (unpaired) electrons. The Balaban J connectivity index is 0.00000341. The van der Waals surface area contributed by atoms with E-state index in [9.17, 15) is 8.42 Å². The van der Waals surface area contributed by atoms with Gasteiger partial charge in [0.15, 0.2) is 15.8 Å². The van der Waals surface area contributed by atoms with Crippen LogP contribution in [-0.2, 0) is 16.3 Å². The predicted octanol–water partition coefficient (Wildman–Crippen LogP) is 3.39. The van der Waals surface area contributed by atoms with E-state index < -0.39 is 9.84 Å². The standard InChI is InChI=1S/C23H32N4O2S.HI/c1-4-24-23(25-15-13-19-7-11-22(12-8-19)30(3,28)29)26-20-14-16-27(17-20)21-9-5-18(2)6-10-21;/h5-12,20H,4,13-17H2,1-3H3,(H2,24,25,26);1H. The lowest BCUT2D eigenvalue weighted by molar-refractivity contribution is 0.602. The summed E-state index contributed by atoms with van der Waals surface area (Å²) in [6, 6.07) is 16.1. The van der Waals surface area contributed by atoms with E-state index in [4.69, 9.17) is 4.99 Å². The van der Waals surface area contributed by atoms with E-state index in [1.807, 2.05) is 12.1 Å². The van der Waals surface area contributed by atoms with Gasteiger partial charge in [0.2, 0.25) is 0 Å². The Bertz CT molecular complexity index is 960. The fourth-order valence-electron chi connectivity index (χ4n) is 3.58. The third-order valence-electron chi connectivity index (χ3n) is 5.29. The van der Waals surface area contributed by atoms with E-state index in [-0.39, 0.29) is 24.0 Å². The minimum Gasteiger partial charge on any atom is -0.369 e. The largest absolute Gasteiger partial charge is 0.369 e. The summed E-state index contributed by atoms with van der Waals surface area (Å²) >= 11 is 0. The normalized spacial score (nSPS) is 16.7. The van der Waals surface area contributed by atoms with Crippen LogP contribution in [0.1, 0.15) is 24.5 Å². The predicted molar refractivity (Wildman–Crippen MR) is 140 cm³/mol. The van der Waals surface area contributed by atoms with Gasteiger partial charge in [-0.25, -0.2) is 8.42 Å². The molecule has 0 amide bonds. The minimum absolute atomic E-state index is 0. The van der Waals surface area contributed by atoms with Gasteiger partial charge in [0.05, 0.1) is 4.90 Å². The Hall–Kier alpha value is -1.81. The fraction of sp³-hybridized carbons (Fsp3) is 0.435. The number of aryl methyl sites for hydroxylation is 1. The second kappa shape index (κ2) is 11.7. The summed E-state index contributed by atoms with van der Waals surface area (Å²) in [5, 5.41) is 6.89. The number of hydrogen-bond acceptors (Lipinski definition) is 4. The van der Waals surface area contributed by atoms with E-state index in [0.717, 1.165) is 44.0 Å². The Kier molecular flexibility index (Phi) is 9.61. The zero-order chi connectivity index (χ0) is 21.6. The number of sulfone groups is 1. The number of guanidine groups is 1. The van der Waals surface area contributed by atoms with Gasteiger partial charge in [-0.3, -0.25) is 4.99 Å². The van der Waals surface area contributed by atoms with Crippen molar-refractivity contribution in [3.05, 3.63) is 59.7 Å². The van der Waals surface area contributed by atoms with Gasteiger partial charge in [0.25, 0.3) is 0 Å². The summed E-state index contributed by atoms with van der Waals surface area (Å²) in [7, 11) is -3.15. The lowest BCUT2D eigenvalue weighted by atomic mass is 10.1. The molecule has 2 N–H and O–H groups in total. The first-order valence-corrected chi connectivity index (χ1v) is 12.4. The highest BCUT2D eigenvalue weighted by atomic mass is 127. The molecule has 1 fully saturated rings. The van der Waals surface area contributed by atoms with Crippen molar-refractivity contribution >= 4 is 45.5 Å². The molecule has 1 atom stereocenters. The second-order valence-corrected chi connectivity index (χ2v) is 9.85. The quantitative estimate of drug-likeness (QED) is 0.311. The number of rotatable bonds is 7. The zero-order valence-electron chi connectivity index (χ0n) is 18.5. The third-order valence-corrected chi connectivity index (χ3v) is 6.42. The molecule has 0 bridgehead atoms. The first-order valence-electron chi connectivity index (χ1n) is 10.5. The van der Waals surface area contributed by atoms with E-state index in [2.05, 4.69) is 53.6 Å². The molecular formula is C23H33IN4O2S. The SMILES string of the molecule is CCNC(=NCCc1ccc(S(C)(=O)=O)cc1)NC1CCN(c2ccc(C)cc2)C1.I. The molecule has 0 saturated carbocycles. The van der Waals surface area contributed by atoms with Crippen LogP contribution >= 0.6 is 24.0 Å². The Morgan fingerprint density at radius 3 is 2.42 bits per heavy atom. The van der Waals surface area contributed by atoms with Crippen molar-refractivity contribution in [3.63, 3.8) is 0 Å². The first-order chi connectivity index (χ1) is 14.3. The van der Waals surface area contributed by atoms with Crippen LogP contribution in [0.5, 0.6) is 0 Å². The van der Waals surface area contributed by atoms with Gasteiger partial charge in [0, 0.05) is 44.2 Å². The second-order valence-electron chi connectivity index (χ2n) is 7.84. The van der Waals surface area contributed by atoms with Gasteiger partial charge < -0.3 is 15.5 Å². The lowest BCUT2D eigenvalue weighted by Gasteiger charge is -2.20. The van der Waals surface area contributed by atoms with Crippen molar-refractivity contribution in [1.29, 1.82) is 0 Å². The molecule has 0 aromatic heterocycles. The van der Waals surface area contributed by atoms with Crippen LogP contribution in [0.2, 0.25) is 0 Å². The molecule has 1 aliphatic heterocycles. The average Bonchev–Trinajstić information content (AvgIpc) is 3.17. The molecule has 6 nitrogen and oxygen atoms in total. The molecule has 3 rings (SSSR count). The van der Waals surface area contributed by atoms with Crippen LogP contribution in [0.15, 0.2) is 58.4 Å². The Morgan fingerprint density at radius 2 is 1.81 bits per heavy atom. The summed E-state index contributed by atoms with van der Waals surface area (Å²) in [5.74, 6) is 0.834. The van der Waals surface area contributed by atoms with Gasteiger partial charge in [0.1, 0.15) is 0 Å². The molecule has 1 aliphatic rings. The maximum Gasteiger partial charge on any atom is 0.191 e. The molecule has 1 heterocycles. The lowest BCUT2D eigenvalue weighted by Crippen LogP contribution is -2.44. The minimum atomic E-state index is -3.15. The van der Waals surface area contributed by atoms with Crippen molar-refractivity contribution in [1.82, 2.24) is 10.6 Å². The monoisotopic (exact) mass is 556 g/mol. The number of aliphatic imine (C=N–C) groups is 1. The number of nitrogens with zero attached hydrogens (tertiary/aromatic N) is 2. The van der Waals surface area contributed by atoms with Gasteiger partial charge in [-0.1, -0.05) is 29.8 Å². The topological polar surface area (TPSA) is 73.8 Å². The fourth-order valence-corrected chi connectivity index (χ4v) is 4.21. The average molecular weight is 557 g/mol. The van der Waals surface area contributed by atoms with Gasteiger partial charge in [-0.15, -0.1) is 24.0 Å². The molecular weight excluding hydrogens is 523 g/mol. The molecule has 2 aromatic rings. The smallest absolute Gasteiger partial charge is 0.191 e. The molecule has 0 aliphatic carbocycles. The Morgan fingerprint density at radius 1 is 1.13 bits per heavy atom. The van der Waals surface area contributed by atoms with Crippen LogP contribution in [-0.4, -0.2) is 52.9 Å². The molecule has 1 unspecified atom stereocenters. The van der Waals surface area contributed by atoms with E-state index in [0.29, 0.717) is 17.5 Å². The highest BCUT2D eigenvalue weighted by molar-refractivity contribution is 14.0. The summed E-state index contributed by atoms with van der Waals surface area (Å²) in [6.07, 6.45) is 3.07. The van der Waals surface area contributed by atoms with Crippen molar-refractivity contribution in [2.75, 3.05) is 37.3 Å². The highest BCUT2D eigenvalue weighted by Crippen LogP contribution is 2.20. The molecule has 31 heavy (non-hydrogen) atoms. The Labute approximate surface area is 203 Å². The van der Waals surface area contributed by atoms with Crippen LogP contribution in [0.4, 0.5) is 5.69 Å². The molecule has 1 saturated heterocycles. The number of halogens is 1. The molecule has 170 valence electrons. The number of anilines is 1. The van der Waals surface area contributed by atoms with Crippen LogP contribution < -0.4 is 15.5 Å². The third kappa shape index (κ3) is 7.68. The van der Waals surface area contributed by atoms with Crippen molar-refractivity contribution in [2.45, 2.75) is 37.6 Å². The van der Waals surface area contributed by atoms with Crippen LogP contribution in [0.3, 0.4) is 0 Å². The van der Waals surface area contributed by atoms with Gasteiger partial charge >= 0.3 is 0 Å². The summed E-state index contributed by atoms with van der Waals surface area (Å²) in [4.78, 5) is 7.47. The van der Waals surface area contributed by atoms with Crippen LogP contribution in [0, 0.1) is 6.92 Å². The van der Waals surface area contributed by atoms with E-state index >= 15 is 0 Å². The molecule has 2 aromatic carbocycles. The molecule has 0 spiro atoms. The maximum atomic E-state index is 11.6. The highest BCUT2D eigenvalue weighted by Gasteiger charge is 2.23. The van der Waals surface area contributed by atoms with E-state index in [1.54, 1.807) is 12.1 Å². The maximum absolute atomic E-state index is 11.6. The van der Waals surface area contributed by atoms with E-state index in [1.165, 1.54) is 17.5 Å². The number of benzene rings is 2. The van der Waals surface area contributed by atoms with Crippen LogP contribution in [0.25, 0.3) is 0 Å². The summed E-state index contributed by atoms with van der Waals surface area (Å²) in [5.41, 5.74) is 3.62. The number of nitrogens with one attached hydrogen (secondary N) is 2. The van der Waals surface area contributed by atoms with Gasteiger partial charge in [-0.2, -0.15) is 0 Å². The van der Waals surface area contributed by atoms with Crippen molar-refractivity contribution in [3.8, 4) is 0 Å². The van der Waals surface area contributed by atoms with Crippen molar-refractivity contribution in [2.24, 2.45) is 4.99 Å². The zero-order valence-corrected chi connectivity index (χ0v) is 21.6. The first kappa shape index (κ1) is 25.5. The summed E-state index contributed by atoms with van der Waals surface area (Å²) in [6.45, 7) is 7.62. The van der Waals surface area contributed by atoms with Gasteiger partial charge in [-0.05, 0) is 56.5 Å². The number of hydrogen-bond donors (Lipinski definition) is 2. The van der Waals surface area contributed by atoms with Crippen molar-refractivity contribution < 1.29 is 8.42 Å².